The Morgan fingerprint density at radius 2 is 1.71 bits per heavy atom. The summed E-state index contributed by atoms with van der Waals surface area (Å²) >= 11 is 0. The minimum absolute atomic E-state index is 0.0694. The number of ether oxygens (including phenoxy) is 3. The van der Waals surface area contributed by atoms with E-state index in [1.165, 1.54) is 5.69 Å². The molecule has 7 nitrogen and oxygen atoms in total. The molecule has 3 aliphatic rings. The second-order valence-corrected chi connectivity index (χ2v) is 9.26. The monoisotopic (exact) mass is 477 g/mol. The quantitative estimate of drug-likeness (QED) is 0.532. The molecule has 3 aliphatic heterocycles. The minimum Gasteiger partial charge on any atom is -0.478 e. The SMILES string of the molecule is CCN(CC)c1ccc(/C=C2\Oc3c(ccc4c3CN(CCCN3CCOCC3)CO4)C2=O)cc1. The highest BCUT2D eigenvalue weighted by Gasteiger charge is 2.33. The van der Waals surface area contributed by atoms with Gasteiger partial charge in [-0.25, -0.2) is 0 Å². The highest BCUT2D eigenvalue weighted by Crippen LogP contribution is 2.42. The number of hydrogen-bond donors (Lipinski definition) is 0. The highest BCUT2D eigenvalue weighted by molar-refractivity contribution is 6.15. The summed E-state index contributed by atoms with van der Waals surface area (Å²) in [7, 11) is 0. The van der Waals surface area contributed by atoms with Crippen LogP contribution in [0.3, 0.4) is 0 Å². The van der Waals surface area contributed by atoms with Gasteiger partial charge in [0.05, 0.1) is 24.3 Å². The number of rotatable bonds is 8. The second-order valence-electron chi connectivity index (χ2n) is 9.26. The highest BCUT2D eigenvalue weighted by atomic mass is 16.5. The third-order valence-corrected chi connectivity index (χ3v) is 7.05. The van der Waals surface area contributed by atoms with Gasteiger partial charge in [0.25, 0.3) is 0 Å². The summed E-state index contributed by atoms with van der Waals surface area (Å²) in [6, 6.07) is 12.0. The van der Waals surface area contributed by atoms with Crippen LogP contribution in [0.1, 0.15) is 41.8 Å². The molecule has 5 rings (SSSR count). The molecule has 0 N–H and O–H groups in total. The van der Waals surface area contributed by atoms with Crippen molar-refractivity contribution in [1.29, 1.82) is 0 Å². The molecule has 0 amide bonds. The number of anilines is 1. The molecule has 3 heterocycles. The van der Waals surface area contributed by atoms with Gasteiger partial charge in [-0.05, 0) is 62.7 Å². The Bertz CT molecular complexity index is 1070. The summed E-state index contributed by atoms with van der Waals surface area (Å²) in [4.78, 5) is 20.1. The van der Waals surface area contributed by atoms with Gasteiger partial charge in [0, 0.05) is 45.0 Å². The standard InChI is InChI=1S/C28H35N3O4/c1-3-31(4-2)22-8-6-21(7-9-22)18-26-27(32)23-10-11-25-24(28(23)35-26)19-30(20-34-25)13-5-12-29-14-16-33-17-15-29/h6-11,18H,3-5,12-17,19-20H2,1-2H3/b26-18-. The summed E-state index contributed by atoms with van der Waals surface area (Å²) in [5.41, 5.74) is 3.72. The second kappa shape index (κ2) is 10.8. The van der Waals surface area contributed by atoms with Crippen molar-refractivity contribution in [2.75, 3.05) is 64.1 Å². The Kier molecular flexibility index (Phi) is 7.37. The van der Waals surface area contributed by atoms with Crippen molar-refractivity contribution in [2.24, 2.45) is 0 Å². The van der Waals surface area contributed by atoms with Crippen molar-refractivity contribution in [2.45, 2.75) is 26.8 Å². The molecule has 0 unspecified atom stereocenters. The predicted octanol–water partition coefficient (Wildman–Crippen LogP) is 4.02. The summed E-state index contributed by atoms with van der Waals surface area (Å²) < 4.78 is 17.6. The summed E-state index contributed by atoms with van der Waals surface area (Å²) in [5.74, 6) is 1.76. The van der Waals surface area contributed by atoms with Crippen LogP contribution in [0.25, 0.3) is 6.08 Å². The molecule has 0 bridgehead atoms. The normalized spacial score (nSPS) is 19.3. The lowest BCUT2D eigenvalue weighted by Crippen LogP contribution is -2.39. The average molecular weight is 478 g/mol. The van der Waals surface area contributed by atoms with E-state index in [0.29, 0.717) is 23.8 Å². The third kappa shape index (κ3) is 5.22. The molecule has 7 heteroatoms. The Labute approximate surface area is 207 Å². The molecular weight excluding hydrogens is 442 g/mol. The number of benzene rings is 2. The third-order valence-electron chi connectivity index (χ3n) is 7.05. The van der Waals surface area contributed by atoms with E-state index < -0.39 is 0 Å². The molecule has 0 spiro atoms. The fraction of sp³-hybridized carbons (Fsp3) is 0.464. The maximum Gasteiger partial charge on any atom is 0.231 e. The maximum absolute atomic E-state index is 13.1. The molecule has 0 aromatic heterocycles. The van der Waals surface area contributed by atoms with Gasteiger partial charge in [0.1, 0.15) is 18.2 Å². The van der Waals surface area contributed by atoms with Crippen molar-refractivity contribution in [1.82, 2.24) is 9.80 Å². The molecule has 1 saturated heterocycles. The first-order valence-electron chi connectivity index (χ1n) is 12.8. The largest absolute Gasteiger partial charge is 0.478 e. The number of hydrogen-bond acceptors (Lipinski definition) is 7. The van der Waals surface area contributed by atoms with Gasteiger partial charge >= 0.3 is 0 Å². The Balaban J connectivity index is 1.26. The Morgan fingerprint density at radius 3 is 2.46 bits per heavy atom. The predicted molar refractivity (Wildman–Crippen MR) is 137 cm³/mol. The van der Waals surface area contributed by atoms with Gasteiger partial charge in [-0.1, -0.05) is 12.1 Å². The van der Waals surface area contributed by atoms with Crippen LogP contribution in [0.15, 0.2) is 42.2 Å². The fourth-order valence-electron chi connectivity index (χ4n) is 5.01. The van der Waals surface area contributed by atoms with Crippen LogP contribution >= 0.6 is 0 Å². The topological polar surface area (TPSA) is 54.5 Å². The smallest absolute Gasteiger partial charge is 0.231 e. The van der Waals surface area contributed by atoms with Gasteiger partial charge < -0.3 is 19.1 Å². The van der Waals surface area contributed by atoms with Crippen molar-refractivity contribution in [3.63, 3.8) is 0 Å². The van der Waals surface area contributed by atoms with E-state index in [0.717, 1.165) is 82.3 Å². The van der Waals surface area contributed by atoms with Gasteiger partial charge in [-0.2, -0.15) is 0 Å². The van der Waals surface area contributed by atoms with E-state index in [9.17, 15) is 4.79 Å². The molecule has 1 fully saturated rings. The molecule has 0 radical (unpaired) electrons. The lowest BCUT2D eigenvalue weighted by molar-refractivity contribution is 0.0329. The number of carbonyl (C=O) groups is 1. The Morgan fingerprint density at radius 1 is 0.971 bits per heavy atom. The number of allylic oxidation sites excluding steroid dienone is 1. The van der Waals surface area contributed by atoms with E-state index >= 15 is 0 Å². The van der Waals surface area contributed by atoms with E-state index in [2.05, 4.69) is 40.7 Å². The van der Waals surface area contributed by atoms with Crippen molar-refractivity contribution < 1.29 is 19.0 Å². The summed E-state index contributed by atoms with van der Waals surface area (Å²) in [6.45, 7) is 13.2. The van der Waals surface area contributed by atoms with Crippen molar-refractivity contribution in [3.05, 3.63) is 58.8 Å². The van der Waals surface area contributed by atoms with Crippen LogP contribution in [0, 0.1) is 0 Å². The average Bonchev–Trinajstić information content (AvgIpc) is 3.22. The summed E-state index contributed by atoms with van der Waals surface area (Å²) in [5, 5.41) is 0. The molecular formula is C28H35N3O4. The van der Waals surface area contributed by atoms with E-state index in [1.807, 2.05) is 30.3 Å². The lowest BCUT2D eigenvalue weighted by Gasteiger charge is -2.31. The van der Waals surface area contributed by atoms with Crippen LogP contribution in [0.2, 0.25) is 0 Å². The Hall–Kier alpha value is -2.87. The molecule has 35 heavy (non-hydrogen) atoms. The van der Waals surface area contributed by atoms with E-state index in [-0.39, 0.29) is 5.78 Å². The summed E-state index contributed by atoms with van der Waals surface area (Å²) in [6.07, 6.45) is 2.91. The molecule has 2 aromatic carbocycles. The van der Waals surface area contributed by atoms with Gasteiger partial charge in [0.2, 0.25) is 5.78 Å². The number of fused-ring (bicyclic) bond motifs is 3. The van der Waals surface area contributed by atoms with Crippen LogP contribution in [-0.2, 0) is 11.3 Å². The minimum atomic E-state index is -0.0694. The van der Waals surface area contributed by atoms with Gasteiger partial charge in [-0.3, -0.25) is 14.6 Å². The number of carbonyl (C=O) groups excluding carboxylic acids is 1. The maximum atomic E-state index is 13.1. The van der Waals surface area contributed by atoms with Gasteiger partial charge in [0.15, 0.2) is 5.76 Å². The van der Waals surface area contributed by atoms with Crippen molar-refractivity contribution in [3.8, 4) is 11.5 Å². The number of nitrogens with zero attached hydrogens (tertiary/aromatic N) is 3. The fourth-order valence-corrected chi connectivity index (χ4v) is 5.01. The van der Waals surface area contributed by atoms with Crippen LogP contribution in [-0.4, -0.2) is 74.8 Å². The zero-order valence-corrected chi connectivity index (χ0v) is 20.8. The molecule has 0 aliphatic carbocycles. The van der Waals surface area contributed by atoms with Crippen LogP contribution in [0.4, 0.5) is 5.69 Å². The molecule has 186 valence electrons. The molecule has 0 atom stereocenters. The zero-order chi connectivity index (χ0) is 24.2. The lowest BCUT2D eigenvalue weighted by atomic mass is 10.0. The van der Waals surface area contributed by atoms with Gasteiger partial charge in [-0.15, -0.1) is 0 Å². The van der Waals surface area contributed by atoms with Crippen molar-refractivity contribution >= 4 is 17.5 Å². The van der Waals surface area contributed by atoms with E-state index in [1.54, 1.807) is 0 Å². The zero-order valence-electron chi connectivity index (χ0n) is 20.8. The number of Topliss-reactive ketones (excluding diaryl/α,β-unsaturated/α-hetero) is 1. The number of ketones is 1. The van der Waals surface area contributed by atoms with E-state index in [4.69, 9.17) is 14.2 Å². The number of morpholine rings is 1. The first kappa shape index (κ1) is 23.9. The first-order chi connectivity index (χ1) is 17.2. The van der Waals surface area contributed by atoms with Crippen LogP contribution in [0.5, 0.6) is 11.5 Å². The molecule has 0 saturated carbocycles. The van der Waals surface area contributed by atoms with Crippen LogP contribution < -0.4 is 14.4 Å². The first-order valence-corrected chi connectivity index (χ1v) is 12.8. The molecule has 2 aromatic rings.